The number of carbonyl (C=O) groups excluding carboxylic acids is 2. The first-order valence-corrected chi connectivity index (χ1v) is 7.56. The third-order valence-corrected chi connectivity index (χ3v) is 3.35. The zero-order valence-electron chi connectivity index (χ0n) is 13.9. The molecule has 0 aliphatic heterocycles. The van der Waals surface area contributed by atoms with Crippen LogP contribution in [0, 0.1) is 10.1 Å². The van der Waals surface area contributed by atoms with Crippen molar-refractivity contribution in [3.63, 3.8) is 0 Å². The van der Waals surface area contributed by atoms with Crippen molar-refractivity contribution in [2.45, 2.75) is 19.6 Å². The van der Waals surface area contributed by atoms with Crippen LogP contribution in [-0.4, -0.2) is 29.8 Å². The van der Waals surface area contributed by atoms with E-state index in [0.717, 1.165) is 6.07 Å². The van der Waals surface area contributed by atoms with Crippen LogP contribution in [0.15, 0.2) is 42.5 Å². The Labute approximate surface area is 151 Å². The second-order valence-corrected chi connectivity index (χ2v) is 5.23. The van der Waals surface area contributed by atoms with E-state index in [-0.39, 0.29) is 22.7 Å². The van der Waals surface area contributed by atoms with E-state index in [1.54, 1.807) is 0 Å². The molecule has 0 radical (unpaired) electrons. The number of nitrogens with one attached hydrogen (secondary N) is 1. The molecule has 0 saturated carbocycles. The van der Waals surface area contributed by atoms with Crippen LogP contribution in [0.2, 0.25) is 0 Å². The minimum atomic E-state index is -3.07. The maximum Gasteiger partial charge on any atom is 0.387 e. The second kappa shape index (κ2) is 8.70. The predicted molar refractivity (Wildman–Crippen MR) is 90.3 cm³/mol. The number of halogens is 2. The Bertz CT molecular complexity index is 859. The summed E-state index contributed by atoms with van der Waals surface area (Å²) in [7, 11) is 0. The molecule has 1 atom stereocenters. The Hall–Kier alpha value is -3.56. The Morgan fingerprint density at radius 1 is 1.19 bits per heavy atom. The number of anilines is 1. The minimum absolute atomic E-state index is 0.0101. The number of nitro groups is 1. The maximum absolute atomic E-state index is 12.4. The molecule has 0 aromatic heterocycles. The highest BCUT2D eigenvalue weighted by molar-refractivity contribution is 5.95. The highest BCUT2D eigenvalue weighted by Gasteiger charge is 2.23. The molecule has 0 bridgehead atoms. The van der Waals surface area contributed by atoms with Gasteiger partial charge in [0.2, 0.25) is 0 Å². The van der Waals surface area contributed by atoms with Gasteiger partial charge in [-0.25, -0.2) is 0 Å². The van der Waals surface area contributed by atoms with Gasteiger partial charge in [-0.3, -0.25) is 19.7 Å². The molecule has 2 aromatic rings. The molecular formula is C17H14F2N2O6. The lowest BCUT2D eigenvalue weighted by Gasteiger charge is -2.16. The molecule has 0 saturated heterocycles. The Morgan fingerprint density at radius 3 is 2.52 bits per heavy atom. The highest BCUT2D eigenvalue weighted by Crippen LogP contribution is 2.29. The van der Waals surface area contributed by atoms with Crippen LogP contribution >= 0.6 is 0 Å². The maximum atomic E-state index is 12.4. The summed E-state index contributed by atoms with van der Waals surface area (Å²) >= 11 is 0. The smallest absolute Gasteiger partial charge is 0.387 e. The van der Waals surface area contributed by atoms with Gasteiger partial charge in [0.1, 0.15) is 12.0 Å². The van der Waals surface area contributed by atoms with Crippen LogP contribution in [0.3, 0.4) is 0 Å². The van der Waals surface area contributed by atoms with Crippen LogP contribution < -0.4 is 14.8 Å². The lowest BCUT2D eigenvalue weighted by atomic mass is 10.2. The normalized spacial score (nSPS) is 11.6. The standard InChI is InChI=1S/C17H14F2N2O6/c1-10(26-15-7-6-11(9-22)8-13(15)21(24)25)16(23)20-12-4-2-3-5-14(12)27-17(18)19/h2-10,17H,1H3,(H,20,23)/t10-/m0/s1. The van der Waals surface area contributed by atoms with E-state index in [4.69, 9.17) is 4.74 Å². The van der Waals surface area contributed by atoms with Crippen molar-refractivity contribution in [3.8, 4) is 11.5 Å². The van der Waals surface area contributed by atoms with Crippen LogP contribution in [0.4, 0.5) is 20.2 Å². The number of carbonyl (C=O) groups is 2. The summed E-state index contributed by atoms with van der Waals surface area (Å²) in [5.74, 6) is -1.20. The first-order valence-electron chi connectivity index (χ1n) is 7.56. The van der Waals surface area contributed by atoms with Gasteiger partial charge in [-0.15, -0.1) is 0 Å². The zero-order chi connectivity index (χ0) is 20.0. The summed E-state index contributed by atoms with van der Waals surface area (Å²) in [5, 5.41) is 13.5. The van der Waals surface area contributed by atoms with Crippen molar-refractivity contribution in [1.82, 2.24) is 0 Å². The molecule has 0 heterocycles. The number of nitro benzene ring substituents is 1. The monoisotopic (exact) mass is 380 g/mol. The van der Waals surface area contributed by atoms with Crippen LogP contribution in [0.5, 0.6) is 11.5 Å². The van der Waals surface area contributed by atoms with Gasteiger partial charge in [0, 0.05) is 11.6 Å². The van der Waals surface area contributed by atoms with E-state index in [2.05, 4.69) is 10.1 Å². The third-order valence-electron chi connectivity index (χ3n) is 3.35. The molecule has 0 unspecified atom stereocenters. The number of aldehydes is 1. The largest absolute Gasteiger partial charge is 0.474 e. The SMILES string of the molecule is C[C@H](Oc1ccc(C=O)cc1[N+](=O)[O-])C(=O)Nc1ccccc1OC(F)F. The van der Waals surface area contributed by atoms with Crippen molar-refractivity contribution in [3.05, 3.63) is 58.1 Å². The van der Waals surface area contributed by atoms with E-state index in [1.165, 1.54) is 43.3 Å². The number of ether oxygens (including phenoxy) is 2. The molecule has 2 aromatic carbocycles. The van der Waals surface area contributed by atoms with Gasteiger partial charge < -0.3 is 14.8 Å². The number of hydrogen-bond acceptors (Lipinski definition) is 6. The van der Waals surface area contributed by atoms with Crippen molar-refractivity contribution < 1.29 is 32.8 Å². The topological polar surface area (TPSA) is 108 Å². The fraction of sp³-hybridized carbons (Fsp3) is 0.176. The quantitative estimate of drug-likeness (QED) is 0.427. The first-order chi connectivity index (χ1) is 12.8. The Morgan fingerprint density at radius 2 is 1.89 bits per heavy atom. The van der Waals surface area contributed by atoms with Crippen LogP contribution in [-0.2, 0) is 4.79 Å². The molecule has 0 aliphatic carbocycles. The number of nitrogens with zero attached hydrogens (tertiary/aromatic N) is 1. The van der Waals surface area contributed by atoms with E-state index >= 15 is 0 Å². The molecule has 0 spiro atoms. The van der Waals surface area contributed by atoms with Gasteiger partial charge in [-0.2, -0.15) is 8.78 Å². The van der Waals surface area contributed by atoms with Crippen LogP contribution in [0.25, 0.3) is 0 Å². The lowest BCUT2D eigenvalue weighted by Crippen LogP contribution is -2.30. The van der Waals surface area contributed by atoms with E-state index < -0.39 is 29.2 Å². The van der Waals surface area contributed by atoms with Gasteiger partial charge in [0.25, 0.3) is 5.91 Å². The van der Waals surface area contributed by atoms with Crippen LogP contribution in [0.1, 0.15) is 17.3 Å². The van der Waals surface area contributed by atoms with Gasteiger partial charge in [0.05, 0.1) is 10.6 Å². The number of alkyl halides is 2. The molecule has 2 rings (SSSR count). The predicted octanol–water partition coefficient (Wildman–Crippen LogP) is 3.41. The van der Waals surface area contributed by atoms with Gasteiger partial charge in [0.15, 0.2) is 11.9 Å². The second-order valence-electron chi connectivity index (χ2n) is 5.23. The molecule has 27 heavy (non-hydrogen) atoms. The molecule has 10 heteroatoms. The van der Waals surface area contributed by atoms with Crippen molar-refractivity contribution in [1.29, 1.82) is 0 Å². The summed E-state index contributed by atoms with van der Waals surface area (Å²) in [5.41, 5.74) is -0.422. The molecule has 1 amide bonds. The van der Waals surface area contributed by atoms with Gasteiger partial charge in [-0.05, 0) is 31.2 Å². The van der Waals surface area contributed by atoms with Gasteiger partial charge in [-0.1, -0.05) is 12.1 Å². The van der Waals surface area contributed by atoms with Crippen molar-refractivity contribution >= 4 is 23.6 Å². The molecule has 0 aliphatic rings. The molecular weight excluding hydrogens is 366 g/mol. The van der Waals surface area contributed by atoms with E-state index in [1.807, 2.05) is 0 Å². The van der Waals surface area contributed by atoms with Crippen molar-refractivity contribution in [2.24, 2.45) is 0 Å². The minimum Gasteiger partial charge on any atom is -0.474 e. The van der Waals surface area contributed by atoms with E-state index in [9.17, 15) is 28.5 Å². The zero-order valence-corrected chi connectivity index (χ0v) is 13.9. The average Bonchev–Trinajstić information content (AvgIpc) is 2.62. The third kappa shape index (κ3) is 5.21. The van der Waals surface area contributed by atoms with Gasteiger partial charge >= 0.3 is 12.3 Å². The molecule has 1 N–H and O–H groups in total. The number of rotatable bonds is 8. The summed E-state index contributed by atoms with van der Waals surface area (Å²) in [6, 6.07) is 9.05. The molecule has 8 nitrogen and oxygen atoms in total. The lowest BCUT2D eigenvalue weighted by molar-refractivity contribution is -0.386. The Balaban J connectivity index is 2.15. The first kappa shape index (κ1) is 19.8. The summed E-state index contributed by atoms with van der Waals surface area (Å²) in [6.45, 7) is -1.75. The fourth-order valence-electron chi connectivity index (χ4n) is 2.10. The summed E-state index contributed by atoms with van der Waals surface area (Å²) < 4.78 is 34.4. The summed E-state index contributed by atoms with van der Waals surface area (Å²) in [6.07, 6.45) is -0.766. The fourth-order valence-corrected chi connectivity index (χ4v) is 2.10. The molecule has 142 valence electrons. The Kier molecular flexibility index (Phi) is 6.36. The molecule has 0 fully saturated rings. The number of benzene rings is 2. The number of amides is 1. The highest BCUT2D eigenvalue weighted by atomic mass is 19.3. The van der Waals surface area contributed by atoms with Crippen molar-refractivity contribution in [2.75, 3.05) is 5.32 Å². The average molecular weight is 380 g/mol. The number of para-hydroxylation sites is 2. The number of hydrogen-bond donors (Lipinski definition) is 1. The summed E-state index contributed by atoms with van der Waals surface area (Å²) in [4.78, 5) is 33.3. The van der Waals surface area contributed by atoms with E-state index in [0.29, 0.717) is 6.29 Å².